The molecule has 0 bridgehead atoms. The Labute approximate surface area is 99.4 Å². The van der Waals surface area contributed by atoms with Crippen molar-refractivity contribution in [3.05, 3.63) is 0 Å². The molecule has 0 saturated heterocycles. The molecule has 94 valence electrons. The van der Waals surface area contributed by atoms with Crippen LogP contribution < -0.4 is 10.6 Å². The third-order valence-electron chi connectivity index (χ3n) is 3.39. The zero-order valence-electron chi connectivity index (χ0n) is 10.9. The van der Waals surface area contributed by atoms with Crippen LogP contribution in [-0.2, 0) is 4.79 Å². The molecule has 1 rings (SSSR count). The van der Waals surface area contributed by atoms with E-state index in [0.717, 1.165) is 5.92 Å². The fourth-order valence-corrected chi connectivity index (χ4v) is 2.43. The Hall–Kier alpha value is -0.570. The van der Waals surface area contributed by atoms with E-state index >= 15 is 0 Å². The van der Waals surface area contributed by atoms with Crippen LogP contribution in [0.4, 0.5) is 0 Å². The molecule has 0 aliphatic heterocycles. The van der Waals surface area contributed by atoms with Gasteiger partial charge in [0, 0.05) is 12.1 Å². The highest BCUT2D eigenvalue weighted by Crippen LogP contribution is 2.26. The van der Waals surface area contributed by atoms with Crippen molar-refractivity contribution in [3.63, 3.8) is 0 Å². The van der Waals surface area contributed by atoms with Gasteiger partial charge in [-0.05, 0) is 39.5 Å². The van der Waals surface area contributed by atoms with Crippen molar-refractivity contribution in [2.45, 2.75) is 65.0 Å². The quantitative estimate of drug-likeness (QED) is 0.753. The second-order valence-corrected chi connectivity index (χ2v) is 5.29. The number of hydrogen-bond donors (Lipinski definition) is 2. The van der Waals surface area contributed by atoms with Gasteiger partial charge in [-0.25, -0.2) is 0 Å². The summed E-state index contributed by atoms with van der Waals surface area (Å²) in [5, 5.41) is 6.25. The Morgan fingerprint density at radius 1 is 1.19 bits per heavy atom. The summed E-state index contributed by atoms with van der Waals surface area (Å²) in [7, 11) is 0. The maximum absolute atomic E-state index is 11.5. The van der Waals surface area contributed by atoms with Crippen molar-refractivity contribution in [1.29, 1.82) is 0 Å². The molecule has 3 heteroatoms. The van der Waals surface area contributed by atoms with Crippen molar-refractivity contribution in [2.24, 2.45) is 5.92 Å². The highest BCUT2D eigenvalue weighted by atomic mass is 16.1. The maximum atomic E-state index is 11.5. The van der Waals surface area contributed by atoms with E-state index in [0.29, 0.717) is 12.6 Å². The largest absolute Gasteiger partial charge is 0.353 e. The zero-order valence-corrected chi connectivity index (χ0v) is 10.9. The maximum Gasteiger partial charge on any atom is 0.234 e. The van der Waals surface area contributed by atoms with Gasteiger partial charge in [0.1, 0.15) is 0 Å². The molecule has 1 aliphatic rings. The average molecular weight is 226 g/mol. The van der Waals surface area contributed by atoms with Gasteiger partial charge in [-0.15, -0.1) is 0 Å². The van der Waals surface area contributed by atoms with Crippen LogP contribution in [0.1, 0.15) is 52.9 Å². The molecule has 1 amide bonds. The number of hydrogen-bond acceptors (Lipinski definition) is 2. The summed E-state index contributed by atoms with van der Waals surface area (Å²) in [5.74, 6) is 0.873. The lowest BCUT2D eigenvalue weighted by atomic mass is 9.84. The van der Waals surface area contributed by atoms with Gasteiger partial charge in [-0.2, -0.15) is 0 Å². The van der Waals surface area contributed by atoms with E-state index in [2.05, 4.69) is 17.6 Å². The number of nitrogens with one attached hydrogen (secondary N) is 2. The Balaban J connectivity index is 2.18. The molecule has 0 spiro atoms. The first-order valence-electron chi connectivity index (χ1n) is 6.62. The number of amides is 1. The second kappa shape index (κ2) is 6.89. The van der Waals surface area contributed by atoms with Crippen molar-refractivity contribution in [1.82, 2.24) is 10.6 Å². The van der Waals surface area contributed by atoms with Gasteiger partial charge in [0.15, 0.2) is 0 Å². The summed E-state index contributed by atoms with van der Waals surface area (Å²) >= 11 is 0. The molecule has 1 atom stereocenters. The molecule has 1 aliphatic carbocycles. The van der Waals surface area contributed by atoms with E-state index in [9.17, 15) is 4.79 Å². The molecule has 0 radical (unpaired) electrons. The summed E-state index contributed by atoms with van der Waals surface area (Å²) in [5.41, 5.74) is 0. The molecule has 0 aromatic rings. The number of carbonyl (C=O) groups is 1. The Bertz CT molecular complexity index is 210. The Kier molecular flexibility index (Phi) is 5.81. The molecule has 0 aromatic heterocycles. The topological polar surface area (TPSA) is 41.1 Å². The summed E-state index contributed by atoms with van der Waals surface area (Å²) < 4.78 is 0. The van der Waals surface area contributed by atoms with Crippen LogP contribution in [0.2, 0.25) is 0 Å². The predicted molar refractivity (Wildman–Crippen MR) is 67.3 cm³/mol. The van der Waals surface area contributed by atoms with Crippen molar-refractivity contribution < 1.29 is 4.79 Å². The van der Waals surface area contributed by atoms with Crippen LogP contribution in [0.5, 0.6) is 0 Å². The molecule has 1 fully saturated rings. The van der Waals surface area contributed by atoms with Gasteiger partial charge >= 0.3 is 0 Å². The zero-order chi connectivity index (χ0) is 12.0. The lowest BCUT2D eigenvalue weighted by molar-refractivity contribution is -0.120. The van der Waals surface area contributed by atoms with Gasteiger partial charge in [-0.1, -0.05) is 19.3 Å². The molecule has 0 aromatic carbocycles. The van der Waals surface area contributed by atoms with E-state index in [-0.39, 0.29) is 11.9 Å². The van der Waals surface area contributed by atoms with E-state index in [4.69, 9.17) is 0 Å². The molecular weight excluding hydrogens is 200 g/mol. The van der Waals surface area contributed by atoms with Gasteiger partial charge in [0.2, 0.25) is 5.91 Å². The van der Waals surface area contributed by atoms with E-state index in [1.54, 1.807) is 0 Å². The molecule has 2 N–H and O–H groups in total. The van der Waals surface area contributed by atoms with Gasteiger partial charge in [-0.3, -0.25) is 4.79 Å². The minimum absolute atomic E-state index is 0.109. The van der Waals surface area contributed by atoms with E-state index in [1.807, 2.05) is 13.8 Å². The lowest BCUT2D eigenvalue weighted by Gasteiger charge is -2.28. The van der Waals surface area contributed by atoms with Crippen LogP contribution in [0.3, 0.4) is 0 Å². The van der Waals surface area contributed by atoms with Gasteiger partial charge in [0.25, 0.3) is 0 Å². The lowest BCUT2D eigenvalue weighted by Crippen LogP contribution is -2.43. The van der Waals surface area contributed by atoms with Crippen LogP contribution in [-0.4, -0.2) is 24.5 Å². The Morgan fingerprint density at radius 3 is 2.38 bits per heavy atom. The van der Waals surface area contributed by atoms with Crippen molar-refractivity contribution in [2.75, 3.05) is 6.54 Å². The predicted octanol–water partition coefficient (Wildman–Crippen LogP) is 2.07. The van der Waals surface area contributed by atoms with Gasteiger partial charge < -0.3 is 10.6 Å². The van der Waals surface area contributed by atoms with Crippen LogP contribution in [0.25, 0.3) is 0 Å². The SMILES string of the molecule is CC(C)NC(=O)CN[C@H](C)C1CCCCC1. The van der Waals surface area contributed by atoms with Crippen molar-refractivity contribution in [3.8, 4) is 0 Å². The average Bonchev–Trinajstić information content (AvgIpc) is 2.26. The van der Waals surface area contributed by atoms with E-state index < -0.39 is 0 Å². The normalized spacial score (nSPS) is 19.8. The van der Waals surface area contributed by atoms with Crippen LogP contribution in [0.15, 0.2) is 0 Å². The smallest absolute Gasteiger partial charge is 0.234 e. The molecular formula is C13H26N2O. The fraction of sp³-hybridized carbons (Fsp3) is 0.923. The standard InChI is InChI=1S/C13H26N2O/c1-10(2)15-13(16)9-14-11(3)12-7-5-4-6-8-12/h10-12,14H,4-9H2,1-3H3,(H,15,16)/t11-/m1/s1. The Morgan fingerprint density at radius 2 is 1.81 bits per heavy atom. The summed E-state index contributed by atoms with van der Waals surface area (Å²) in [4.78, 5) is 11.5. The summed E-state index contributed by atoms with van der Waals surface area (Å²) in [6.07, 6.45) is 6.74. The highest BCUT2D eigenvalue weighted by molar-refractivity contribution is 5.78. The number of carbonyl (C=O) groups excluding carboxylic acids is 1. The molecule has 3 nitrogen and oxygen atoms in total. The fourth-order valence-electron chi connectivity index (χ4n) is 2.43. The minimum atomic E-state index is 0.109. The monoisotopic (exact) mass is 226 g/mol. The third-order valence-corrected chi connectivity index (χ3v) is 3.39. The molecule has 0 unspecified atom stereocenters. The highest BCUT2D eigenvalue weighted by Gasteiger charge is 2.20. The molecule has 1 saturated carbocycles. The van der Waals surface area contributed by atoms with Crippen LogP contribution in [0, 0.1) is 5.92 Å². The first-order chi connectivity index (χ1) is 7.59. The van der Waals surface area contributed by atoms with E-state index in [1.165, 1.54) is 32.1 Å². The second-order valence-electron chi connectivity index (χ2n) is 5.29. The van der Waals surface area contributed by atoms with Crippen LogP contribution >= 0.6 is 0 Å². The summed E-state index contributed by atoms with van der Waals surface area (Å²) in [6.45, 7) is 6.64. The summed E-state index contributed by atoms with van der Waals surface area (Å²) in [6, 6.07) is 0.706. The first-order valence-corrected chi connectivity index (χ1v) is 6.62. The molecule has 16 heavy (non-hydrogen) atoms. The molecule has 0 heterocycles. The van der Waals surface area contributed by atoms with Gasteiger partial charge in [0.05, 0.1) is 6.54 Å². The first kappa shape index (κ1) is 13.5. The van der Waals surface area contributed by atoms with Crippen molar-refractivity contribution >= 4 is 5.91 Å². The minimum Gasteiger partial charge on any atom is -0.353 e. The number of rotatable bonds is 5. The third kappa shape index (κ3) is 4.97.